The summed E-state index contributed by atoms with van der Waals surface area (Å²) in [5.74, 6) is -1.43. The van der Waals surface area contributed by atoms with E-state index >= 15 is 0 Å². The first kappa shape index (κ1) is 23.3. The molecule has 0 saturated carbocycles. The molecule has 8 heteroatoms. The fraction of sp³-hybridized carbons (Fsp3) is 0.375. The van der Waals surface area contributed by atoms with Gasteiger partial charge in [-0.25, -0.2) is 4.79 Å². The van der Waals surface area contributed by atoms with E-state index in [4.69, 9.17) is 9.84 Å². The van der Waals surface area contributed by atoms with Crippen molar-refractivity contribution >= 4 is 18.0 Å². The lowest BCUT2D eigenvalue weighted by atomic mass is 9.98. The molecule has 8 nitrogen and oxygen atoms in total. The number of aliphatic carboxylic acids is 1. The smallest absolute Gasteiger partial charge is 0.407 e. The van der Waals surface area contributed by atoms with Gasteiger partial charge < -0.3 is 25.0 Å². The van der Waals surface area contributed by atoms with E-state index in [1.165, 1.54) is 4.90 Å². The van der Waals surface area contributed by atoms with Gasteiger partial charge in [0.15, 0.2) is 0 Å². The number of rotatable bonds is 10. The molecule has 0 spiro atoms. The summed E-state index contributed by atoms with van der Waals surface area (Å²) >= 11 is 0. The number of carboxylic acid groups (broad SMARTS) is 1. The summed E-state index contributed by atoms with van der Waals surface area (Å²) in [6, 6.07) is 16.2. The second kappa shape index (κ2) is 10.8. The quantitative estimate of drug-likeness (QED) is 0.590. The minimum absolute atomic E-state index is 0.00487. The predicted molar refractivity (Wildman–Crippen MR) is 120 cm³/mol. The standard InChI is InChI=1S/C24H29N3O5/c1-26(2)13-14-27(15-23(29)30)22(28)11-12-25-24(31)32-16-21-19-9-5-3-7-17(19)18-8-4-6-10-20(18)21/h3-10,21H,11-16H2,1-2H3,(H,25,31)(H,29,30). The lowest BCUT2D eigenvalue weighted by molar-refractivity contribution is -0.144. The predicted octanol–water partition coefficient (Wildman–Crippen LogP) is 2.39. The normalized spacial score (nSPS) is 12.2. The maximum Gasteiger partial charge on any atom is 0.407 e. The van der Waals surface area contributed by atoms with Crippen LogP contribution in [0.3, 0.4) is 0 Å². The maximum absolute atomic E-state index is 12.4. The molecule has 2 N–H and O–H groups in total. The van der Waals surface area contributed by atoms with Crippen LogP contribution in [0.1, 0.15) is 23.5 Å². The molecule has 2 aromatic rings. The average Bonchev–Trinajstić information content (AvgIpc) is 3.08. The molecule has 0 atom stereocenters. The molecule has 0 aromatic heterocycles. The molecule has 170 valence electrons. The van der Waals surface area contributed by atoms with E-state index < -0.39 is 12.1 Å². The molecular weight excluding hydrogens is 410 g/mol. The van der Waals surface area contributed by atoms with Crippen LogP contribution in [0.2, 0.25) is 0 Å². The number of hydrogen-bond acceptors (Lipinski definition) is 5. The Labute approximate surface area is 187 Å². The van der Waals surface area contributed by atoms with E-state index in [0.29, 0.717) is 13.1 Å². The van der Waals surface area contributed by atoms with Crippen LogP contribution in [0, 0.1) is 0 Å². The van der Waals surface area contributed by atoms with Crippen molar-refractivity contribution in [3.63, 3.8) is 0 Å². The summed E-state index contributed by atoms with van der Waals surface area (Å²) in [6.45, 7) is 0.773. The molecule has 0 radical (unpaired) electrons. The van der Waals surface area contributed by atoms with Gasteiger partial charge in [0.2, 0.25) is 5.91 Å². The van der Waals surface area contributed by atoms with Gasteiger partial charge >= 0.3 is 12.1 Å². The largest absolute Gasteiger partial charge is 0.480 e. The van der Waals surface area contributed by atoms with Crippen molar-refractivity contribution in [2.45, 2.75) is 12.3 Å². The zero-order valence-electron chi connectivity index (χ0n) is 18.4. The van der Waals surface area contributed by atoms with Gasteiger partial charge in [-0.15, -0.1) is 0 Å². The number of nitrogens with zero attached hydrogens (tertiary/aromatic N) is 2. The first-order valence-electron chi connectivity index (χ1n) is 10.6. The molecule has 1 aliphatic rings. The molecule has 0 heterocycles. The van der Waals surface area contributed by atoms with Crippen LogP contribution in [-0.2, 0) is 14.3 Å². The molecule has 0 saturated heterocycles. The maximum atomic E-state index is 12.4. The van der Waals surface area contributed by atoms with Crippen molar-refractivity contribution in [2.24, 2.45) is 0 Å². The molecule has 3 rings (SSSR count). The third-order valence-electron chi connectivity index (χ3n) is 5.45. The van der Waals surface area contributed by atoms with Crippen LogP contribution < -0.4 is 5.32 Å². The van der Waals surface area contributed by atoms with Gasteiger partial charge in [0.05, 0.1) is 0 Å². The topological polar surface area (TPSA) is 99.2 Å². The zero-order valence-corrected chi connectivity index (χ0v) is 18.4. The molecule has 0 unspecified atom stereocenters. The van der Waals surface area contributed by atoms with Crippen LogP contribution in [0.15, 0.2) is 48.5 Å². The minimum atomic E-state index is -1.07. The highest BCUT2D eigenvalue weighted by Gasteiger charge is 2.29. The molecule has 0 bridgehead atoms. The number of fused-ring (bicyclic) bond motifs is 3. The number of carbonyl (C=O) groups excluding carboxylic acids is 2. The van der Waals surface area contributed by atoms with E-state index in [2.05, 4.69) is 17.4 Å². The van der Waals surface area contributed by atoms with Gasteiger partial charge in [0.25, 0.3) is 0 Å². The Kier molecular flexibility index (Phi) is 7.83. The Balaban J connectivity index is 1.49. The van der Waals surface area contributed by atoms with Gasteiger partial charge in [-0.3, -0.25) is 9.59 Å². The summed E-state index contributed by atoms with van der Waals surface area (Å²) in [7, 11) is 3.70. The van der Waals surface area contributed by atoms with Gasteiger partial charge in [0.1, 0.15) is 13.2 Å². The van der Waals surface area contributed by atoms with E-state index in [1.807, 2.05) is 55.4 Å². The Morgan fingerprint density at radius 3 is 2.12 bits per heavy atom. The number of amides is 2. The Hall–Kier alpha value is -3.39. The van der Waals surface area contributed by atoms with Crippen LogP contribution in [0.5, 0.6) is 0 Å². The van der Waals surface area contributed by atoms with E-state index in [0.717, 1.165) is 22.3 Å². The third kappa shape index (κ3) is 5.85. The number of carbonyl (C=O) groups is 3. The fourth-order valence-corrected chi connectivity index (χ4v) is 3.85. The number of ether oxygens (including phenoxy) is 1. The molecule has 1 aliphatic carbocycles. The van der Waals surface area contributed by atoms with E-state index in [-0.39, 0.29) is 37.9 Å². The summed E-state index contributed by atoms with van der Waals surface area (Å²) < 4.78 is 5.45. The summed E-state index contributed by atoms with van der Waals surface area (Å²) in [4.78, 5) is 38.8. The minimum Gasteiger partial charge on any atom is -0.480 e. The van der Waals surface area contributed by atoms with Crippen molar-refractivity contribution in [3.8, 4) is 11.1 Å². The summed E-state index contributed by atoms with van der Waals surface area (Å²) in [5.41, 5.74) is 4.56. The first-order chi connectivity index (χ1) is 15.4. The second-order valence-electron chi connectivity index (χ2n) is 8.01. The van der Waals surface area contributed by atoms with Crippen molar-refractivity contribution in [1.29, 1.82) is 0 Å². The van der Waals surface area contributed by atoms with Gasteiger partial charge in [0, 0.05) is 32.0 Å². The van der Waals surface area contributed by atoms with Crippen LogP contribution in [0.4, 0.5) is 4.79 Å². The number of carboxylic acids is 1. The SMILES string of the molecule is CN(C)CCN(CC(=O)O)C(=O)CCNC(=O)OCC1c2ccccc2-c2ccccc21. The van der Waals surface area contributed by atoms with Crippen LogP contribution in [-0.4, -0.2) is 79.8 Å². The lowest BCUT2D eigenvalue weighted by Gasteiger charge is -2.22. The molecular formula is C24H29N3O5. The number of nitrogens with one attached hydrogen (secondary N) is 1. The number of likely N-dealkylation sites (N-methyl/N-ethyl adjacent to an activating group) is 1. The highest BCUT2D eigenvalue weighted by atomic mass is 16.5. The van der Waals surface area contributed by atoms with Crippen molar-refractivity contribution < 1.29 is 24.2 Å². The second-order valence-corrected chi connectivity index (χ2v) is 8.01. The third-order valence-corrected chi connectivity index (χ3v) is 5.45. The molecule has 0 fully saturated rings. The number of benzene rings is 2. The van der Waals surface area contributed by atoms with E-state index in [1.54, 1.807) is 0 Å². The highest BCUT2D eigenvalue weighted by molar-refractivity contribution is 5.82. The molecule has 0 aliphatic heterocycles. The monoisotopic (exact) mass is 439 g/mol. The van der Waals surface area contributed by atoms with Crippen LogP contribution in [0.25, 0.3) is 11.1 Å². The Morgan fingerprint density at radius 1 is 0.969 bits per heavy atom. The molecule has 32 heavy (non-hydrogen) atoms. The molecule has 2 aromatic carbocycles. The van der Waals surface area contributed by atoms with Crippen molar-refractivity contribution in [1.82, 2.24) is 15.1 Å². The van der Waals surface area contributed by atoms with E-state index in [9.17, 15) is 14.4 Å². The lowest BCUT2D eigenvalue weighted by Crippen LogP contribution is -2.41. The van der Waals surface area contributed by atoms with Gasteiger partial charge in [-0.2, -0.15) is 0 Å². The molecule has 2 amide bonds. The van der Waals surface area contributed by atoms with Gasteiger partial charge in [-0.05, 0) is 36.3 Å². The number of alkyl carbamates (subject to hydrolysis) is 1. The summed E-state index contributed by atoms with van der Waals surface area (Å²) in [6.07, 6.45) is -0.594. The zero-order chi connectivity index (χ0) is 23.1. The number of hydrogen-bond donors (Lipinski definition) is 2. The average molecular weight is 440 g/mol. The van der Waals surface area contributed by atoms with Crippen molar-refractivity contribution in [3.05, 3.63) is 59.7 Å². The van der Waals surface area contributed by atoms with Gasteiger partial charge in [-0.1, -0.05) is 48.5 Å². The van der Waals surface area contributed by atoms with Crippen LogP contribution >= 0.6 is 0 Å². The highest BCUT2D eigenvalue weighted by Crippen LogP contribution is 2.44. The Bertz CT molecular complexity index is 930. The first-order valence-corrected chi connectivity index (χ1v) is 10.6. The van der Waals surface area contributed by atoms with Crippen molar-refractivity contribution in [2.75, 3.05) is 46.9 Å². The Morgan fingerprint density at radius 2 is 1.56 bits per heavy atom. The summed E-state index contributed by atoms with van der Waals surface area (Å²) in [5, 5.41) is 11.6. The fourth-order valence-electron chi connectivity index (χ4n) is 3.85.